The number of nitrogens with zero attached hydrogens (tertiary/aromatic N) is 3. The number of amides is 3. The fourth-order valence-corrected chi connectivity index (χ4v) is 4.63. The Morgan fingerprint density at radius 3 is 2.34 bits per heavy atom. The van der Waals surface area contributed by atoms with Crippen LogP contribution in [-0.4, -0.2) is 106 Å². The molecule has 2 aromatic rings. The molecule has 38 heavy (non-hydrogen) atoms. The van der Waals surface area contributed by atoms with Crippen molar-refractivity contribution in [2.45, 2.75) is 13.0 Å². The van der Waals surface area contributed by atoms with Crippen molar-refractivity contribution in [2.24, 2.45) is 0 Å². The SMILES string of the molecule is CCOC(=O)N1CCN(C(=O)C(CP(=O)(O)O)NC(=O)c2cc(NCCO)cc(-c3ccccc3)n2)CC1. The molecule has 13 nitrogen and oxygen atoms in total. The van der Waals surface area contributed by atoms with Crippen molar-refractivity contribution < 1.29 is 38.6 Å². The van der Waals surface area contributed by atoms with Crippen LogP contribution in [0.25, 0.3) is 11.3 Å². The summed E-state index contributed by atoms with van der Waals surface area (Å²) in [6, 6.07) is 10.6. The largest absolute Gasteiger partial charge is 0.450 e. The topological polar surface area (TPSA) is 182 Å². The Kier molecular flexibility index (Phi) is 10.2. The van der Waals surface area contributed by atoms with E-state index in [-0.39, 0.29) is 51.6 Å². The van der Waals surface area contributed by atoms with E-state index in [2.05, 4.69) is 15.6 Å². The van der Waals surface area contributed by atoms with Crippen LogP contribution in [0.3, 0.4) is 0 Å². The minimum Gasteiger partial charge on any atom is -0.450 e. The van der Waals surface area contributed by atoms with Gasteiger partial charge in [-0.15, -0.1) is 0 Å². The first-order valence-corrected chi connectivity index (χ1v) is 13.9. The smallest absolute Gasteiger partial charge is 0.409 e. The average molecular weight is 550 g/mol. The van der Waals surface area contributed by atoms with Crippen LogP contribution in [0, 0.1) is 0 Å². The van der Waals surface area contributed by atoms with Gasteiger partial charge in [0.05, 0.1) is 25.1 Å². The van der Waals surface area contributed by atoms with Crippen LogP contribution < -0.4 is 10.6 Å². The number of carbonyl (C=O) groups excluding carboxylic acids is 3. The molecule has 0 spiro atoms. The minimum absolute atomic E-state index is 0.0811. The molecule has 5 N–H and O–H groups in total. The monoisotopic (exact) mass is 549 g/mol. The molecule has 3 rings (SSSR count). The molecule has 206 valence electrons. The molecule has 1 saturated heterocycles. The molecule has 1 aromatic heterocycles. The molecule has 0 bridgehead atoms. The Labute approximate surface area is 220 Å². The van der Waals surface area contributed by atoms with Crippen LogP contribution in [0.15, 0.2) is 42.5 Å². The molecular formula is C24H32N5O8P. The number of hydrogen-bond acceptors (Lipinski definition) is 8. The lowest BCUT2D eigenvalue weighted by atomic mass is 10.1. The number of anilines is 1. The lowest BCUT2D eigenvalue weighted by molar-refractivity contribution is -0.134. The van der Waals surface area contributed by atoms with Gasteiger partial charge in [-0.3, -0.25) is 14.2 Å². The molecule has 0 radical (unpaired) electrons. The van der Waals surface area contributed by atoms with E-state index < -0.39 is 37.7 Å². The third-order valence-electron chi connectivity index (χ3n) is 5.71. The second-order valence-electron chi connectivity index (χ2n) is 8.53. The van der Waals surface area contributed by atoms with Gasteiger partial charge in [0.2, 0.25) is 5.91 Å². The van der Waals surface area contributed by atoms with Crippen molar-refractivity contribution in [3.8, 4) is 11.3 Å². The molecule has 1 aromatic carbocycles. The molecule has 1 aliphatic rings. The van der Waals surface area contributed by atoms with E-state index in [1.165, 1.54) is 15.9 Å². The summed E-state index contributed by atoms with van der Waals surface area (Å²) in [6.45, 7) is 2.56. The summed E-state index contributed by atoms with van der Waals surface area (Å²) in [5.74, 6) is -1.48. The summed E-state index contributed by atoms with van der Waals surface area (Å²) in [5.41, 5.74) is 1.58. The number of rotatable bonds is 10. The molecule has 1 atom stereocenters. The van der Waals surface area contributed by atoms with Gasteiger partial charge in [-0.1, -0.05) is 30.3 Å². The highest BCUT2D eigenvalue weighted by molar-refractivity contribution is 7.51. The van der Waals surface area contributed by atoms with E-state index in [1.807, 2.05) is 6.07 Å². The summed E-state index contributed by atoms with van der Waals surface area (Å²) in [6.07, 6.45) is -1.40. The maximum atomic E-state index is 13.2. The molecule has 1 unspecified atom stereocenters. The normalized spacial score (nSPS) is 14.5. The summed E-state index contributed by atoms with van der Waals surface area (Å²) in [4.78, 5) is 64.7. The second kappa shape index (κ2) is 13.3. The van der Waals surface area contributed by atoms with Crippen molar-refractivity contribution in [3.05, 3.63) is 48.2 Å². The summed E-state index contributed by atoms with van der Waals surface area (Å²) in [5, 5.41) is 14.6. The number of aliphatic hydroxyl groups excluding tert-OH is 1. The average Bonchev–Trinajstić information content (AvgIpc) is 2.91. The van der Waals surface area contributed by atoms with E-state index in [4.69, 9.17) is 4.74 Å². The van der Waals surface area contributed by atoms with Gasteiger partial charge in [-0.05, 0) is 19.1 Å². The third-order valence-corrected chi connectivity index (χ3v) is 6.55. The third kappa shape index (κ3) is 8.25. The summed E-state index contributed by atoms with van der Waals surface area (Å²) >= 11 is 0. The number of piperazine rings is 1. The van der Waals surface area contributed by atoms with E-state index in [0.29, 0.717) is 11.4 Å². The van der Waals surface area contributed by atoms with E-state index in [0.717, 1.165) is 5.56 Å². The van der Waals surface area contributed by atoms with Crippen LogP contribution in [0.5, 0.6) is 0 Å². The van der Waals surface area contributed by atoms with Gasteiger partial charge < -0.3 is 40.1 Å². The Hall–Kier alpha value is -3.51. The van der Waals surface area contributed by atoms with Crippen molar-refractivity contribution in [3.63, 3.8) is 0 Å². The van der Waals surface area contributed by atoms with Gasteiger partial charge >= 0.3 is 13.7 Å². The van der Waals surface area contributed by atoms with Crippen molar-refractivity contribution >= 4 is 31.2 Å². The maximum Gasteiger partial charge on any atom is 0.409 e. The zero-order valence-corrected chi connectivity index (χ0v) is 21.8. The first-order chi connectivity index (χ1) is 18.1. The Morgan fingerprint density at radius 2 is 1.74 bits per heavy atom. The van der Waals surface area contributed by atoms with Gasteiger partial charge in [0.25, 0.3) is 5.91 Å². The van der Waals surface area contributed by atoms with Crippen LogP contribution in [-0.2, 0) is 14.1 Å². The van der Waals surface area contributed by atoms with Crippen LogP contribution >= 0.6 is 7.60 Å². The van der Waals surface area contributed by atoms with Crippen LogP contribution in [0.4, 0.5) is 10.5 Å². The van der Waals surface area contributed by atoms with Crippen molar-refractivity contribution in [1.82, 2.24) is 20.1 Å². The van der Waals surface area contributed by atoms with Gasteiger partial charge in [0.1, 0.15) is 11.7 Å². The maximum absolute atomic E-state index is 13.2. The lowest BCUT2D eigenvalue weighted by Gasteiger charge is -2.36. The number of ether oxygens (including phenoxy) is 1. The zero-order chi connectivity index (χ0) is 27.7. The van der Waals surface area contributed by atoms with Gasteiger partial charge in [0, 0.05) is 44.0 Å². The zero-order valence-electron chi connectivity index (χ0n) is 20.9. The molecular weight excluding hydrogens is 517 g/mol. The van der Waals surface area contributed by atoms with Gasteiger partial charge in [-0.2, -0.15) is 0 Å². The van der Waals surface area contributed by atoms with Crippen molar-refractivity contribution in [2.75, 3.05) is 57.4 Å². The summed E-state index contributed by atoms with van der Waals surface area (Å²) in [7, 11) is -4.70. The summed E-state index contributed by atoms with van der Waals surface area (Å²) < 4.78 is 16.8. The molecule has 14 heteroatoms. The Morgan fingerprint density at radius 1 is 1.08 bits per heavy atom. The number of hydrogen-bond donors (Lipinski definition) is 5. The molecule has 0 saturated carbocycles. The highest BCUT2D eigenvalue weighted by atomic mass is 31.2. The second-order valence-corrected chi connectivity index (χ2v) is 10.2. The Bertz CT molecular complexity index is 1170. The quantitative estimate of drug-likeness (QED) is 0.265. The van der Waals surface area contributed by atoms with E-state index in [1.54, 1.807) is 37.3 Å². The Balaban J connectivity index is 1.81. The number of benzene rings is 1. The molecule has 2 heterocycles. The number of carbonyl (C=O) groups is 3. The molecule has 1 fully saturated rings. The standard InChI is InChI=1S/C24H32N5O8P/c1-2-37-24(33)29-11-9-28(10-12-29)23(32)21(16-38(34,35)36)27-22(31)20-15-18(25-8-13-30)14-19(26-20)17-6-4-3-5-7-17/h3-7,14-15,21,30H,2,8-13,16H2,1H3,(H,25,26)(H,27,31)(H2,34,35,36). The molecule has 3 amide bonds. The van der Waals surface area contributed by atoms with Gasteiger partial charge in [0.15, 0.2) is 0 Å². The first-order valence-electron chi connectivity index (χ1n) is 12.1. The lowest BCUT2D eigenvalue weighted by Crippen LogP contribution is -2.56. The van der Waals surface area contributed by atoms with Crippen LogP contribution in [0.1, 0.15) is 17.4 Å². The van der Waals surface area contributed by atoms with Crippen LogP contribution in [0.2, 0.25) is 0 Å². The van der Waals surface area contributed by atoms with E-state index >= 15 is 0 Å². The number of aromatic nitrogens is 1. The number of nitrogens with one attached hydrogen (secondary N) is 2. The highest BCUT2D eigenvalue weighted by Gasteiger charge is 2.34. The number of pyridine rings is 1. The van der Waals surface area contributed by atoms with Crippen molar-refractivity contribution in [1.29, 1.82) is 0 Å². The first kappa shape index (κ1) is 29.1. The minimum atomic E-state index is -4.70. The highest BCUT2D eigenvalue weighted by Crippen LogP contribution is 2.35. The van der Waals surface area contributed by atoms with E-state index in [9.17, 15) is 33.8 Å². The fraction of sp³-hybridized carbons (Fsp3) is 0.417. The van der Waals surface area contributed by atoms with Gasteiger partial charge in [-0.25, -0.2) is 9.78 Å². The fourth-order valence-electron chi connectivity index (χ4n) is 3.91. The molecule has 0 aliphatic carbocycles. The number of aliphatic hydroxyl groups is 1. The predicted octanol–water partition coefficient (Wildman–Crippen LogP) is 0.730. The predicted molar refractivity (Wildman–Crippen MR) is 139 cm³/mol. The molecule has 1 aliphatic heterocycles.